The molecule has 116 valence electrons. The summed E-state index contributed by atoms with van der Waals surface area (Å²) in [5.74, 6) is 1.42. The molecule has 0 amide bonds. The molecule has 0 unspecified atom stereocenters. The van der Waals surface area contributed by atoms with E-state index in [9.17, 15) is 5.11 Å². The highest BCUT2D eigenvalue weighted by Gasteiger charge is 2.35. The number of aromatic nitrogens is 2. The predicted molar refractivity (Wildman–Crippen MR) is 83.3 cm³/mol. The topological polar surface area (TPSA) is 49.2 Å². The molecule has 0 spiro atoms. The van der Waals surface area contributed by atoms with Crippen molar-refractivity contribution in [2.24, 2.45) is 0 Å². The van der Waals surface area contributed by atoms with E-state index < -0.39 is 5.60 Å². The Labute approximate surface area is 127 Å². The molecule has 2 heterocycles. The second kappa shape index (κ2) is 6.01. The first kappa shape index (κ1) is 14.9. The quantitative estimate of drug-likeness (QED) is 0.929. The van der Waals surface area contributed by atoms with Crippen LogP contribution < -0.4 is 0 Å². The second-order valence-electron chi connectivity index (χ2n) is 7.01. The van der Waals surface area contributed by atoms with Gasteiger partial charge in [0, 0.05) is 30.4 Å². The molecule has 2 fully saturated rings. The van der Waals surface area contributed by atoms with Crippen LogP contribution in [0.15, 0.2) is 6.07 Å². The average Bonchev–Trinajstić information content (AvgIpc) is 2.86. The third-order valence-electron chi connectivity index (χ3n) is 4.94. The van der Waals surface area contributed by atoms with E-state index in [1.807, 2.05) is 19.9 Å². The minimum absolute atomic E-state index is 0.427. The molecule has 0 aromatic carbocycles. The third kappa shape index (κ3) is 3.61. The van der Waals surface area contributed by atoms with Gasteiger partial charge in [0.25, 0.3) is 0 Å². The second-order valence-corrected chi connectivity index (χ2v) is 7.01. The number of hydrogen-bond donors (Lipinski definition) is 1. The van der Waals surface area contributed by atoms with Crippen LogP contribution in [0.5, 0.6) is 0 Å². The fraction of sp³-hybridized carbons (Fsp3) is 0.765. The van der Waals surface area contributed by atoms with Crippen molar-refractivity contribution in [3.05, 3.63) is 23.3 Å². The number of aryl methyl sites for hydroxylation is 2. The van der Waals surface area contributed by atoms with Gasteiger partial charge in [0.2, 0.25) is 0 Å². The molecule has 1 saturated heterocycles. The fourth-order valence-electron chi connectivity index (χ4n) is 3.91. The van der Waals surface area contributed by atoms with E-state index in [0.29, 0.717) is 5.92 Å². The maximum atomic E-state index is 10.7. The van der Waals surface area contributed by atoms with Gasteiger partial charge in [0.05, 0.1) is 5.60 Å². The van der Waals surface area contributed by atoms with Crippen LogP contribution in [-0.4, -0.2) is 45.2 Å². The van der Waals surface area contributed by atoms with E-state index in [1.54, 1.807) is 0 Å². The molecule has 3 rings (SSSR count). The summed E-state index contributed by atoms with van der Waals surface area (Å²) >= 11 is 0. The first-order chi connectivity index (χ1) is 10.0. The molecule has 1 aromatic heterocycles. The van der Waals surface area contributed by atoms with Gasteiger partial charge in [-0.25, -0.2) is 9.97 Å². The zero-order valence-electron chi connectivity index (χ0n) is 13.3. The number of nitrogens with zero attached hydrogens (tertiary/aromatic N) is 3. The summed E-state index contributed by atoms with van der Waals surface area (Å²) in [6, 6.07) is 2.03. The van der Waals surface area contributed by atoms with Gasteiger partial charge in [-0.1, -0.05) is 19.3 Å². The van der Waals surface area contributed by atoms with Crippen LogP contribution in [0.3, 0.4) is 0 Å². The Balaban J connectivity index is 1.62. The predicted octanol–water partition coefficient (Wildman–Crippen LogP) is 2.58. The van der Waals surface area contributed by atoms with Crippen LogP contribution >= 0.6 is 0 Å². The standard InChI is InChI=1S/C17H27N3O/c1-13-10-14(2)19-16(18-13)15-6-9-20(11-15)12-17(21)7-4-3-5-8-17/h10,15,21H,3-9,11-12H2,1-2H3/t15-/m1/s1. The summed E-state index contributed by atoms with van der Waals surface area (Å²) in [5, 5.41) is 10.7. The Morgan fingerprint density at radius 1 is 1.19 bits per heavy atom. The van der Waals surface area contributed by atoms with E-state index >= 15 is 0 Å². The van der Waals surface area contributed by atoms with Crippen molar-refractivity contribution in [2.45, 2.75) is 63.9 Å². The molecule has 21 heavy (non-hydrogen) atoms. The first-order valence-corrected chi connectivity index (χ1v) is 8.31. The summed E-state index contributed by atoms with van der Waals surface area (Å²) in [4.78, 5) is 11.6. The molecule has 1 aromatic rings. The van der Waals surface area contributed by atoms with Crippen LogP contribution in [0.25, 0.3) is 0 Å². The van der Waals surface area contributed by atoms with Crippen molar-refractivity contribution >= 4 is 0 Å². The van der Waals surface area contributed by atoms with E-state index in [1.165, 1.54) is 19.3 Å². The summed E-state index contributed by atoms with van der Waals surface area (Å²) in [5.41, 5.74) is 1.67. The van der Waals surface area contributed by atoms with Crippen molar-refractivity contribution in [3.8, 4) is 0 Å². The Morgan fingerprint density at radius 2 is 1.86 bits per heavy atom. The van der Waals surface area contributed by atoms with E-state index in [-0.39, 0.29) is 0 Å². The number of aliphatic hydroxyl groups is 1. The Bertz CT molecular complexity index is 477. The molecule has 1 atom stereocenters. The van der Waals surface area contributed by atoms with Gasteiger partial charge in [-0.15, -0.1) is 0 Å². The lowest BCUT2D eigenvalue weighted by Gasteiger charge is -2.35. The van der Waals surface area contributed by atoms with Gasteiger partial charge < -0.3 is 5.11 Å². The summed E-state index contributed by atoms with van der Waals surface area (Å²) < 4.78 is 0. The molecule has 0 radical (unpaired) electrons. The van der Waals surface area contributed by atoms with Crippen LogP contribution in [0.2, 0.25) is 0 Å². The van der Waals surface area contributed by atoms with E-state index in [2.05, 4.69) is 14.9 Å². The fourth-order valence-corrected chi connectivity index (χ4v) is 3.91. The lowest BCUT2D eigenvalue weighted by atomic mass is 9.84. The third-order valence-corrected chi connectivity index (χ3v) is 4.94. The molecular weight excluding hydrogens is 262 g/mol. The van der Waals surface area contributed by atoms with Crippen molar-refractivity contribution in [1.82, 2.24) is 14.9 Å². The number of likely N-dealkylation sites (tertiary alicyclic amines) is 1. The Morgan fingerprint density at radius 3 is 2.52 bits per heavy atom. The van der Waals surface area contributed by atoms with Gasteiger partial charge in [0.15, 0.2) is 0 Å². The first-order valence-electron chi connectivity index (χ1n) is 8.31. The van der Waals surface area contributed by atoms with Crippen LogP contribution in [0.1, 0.15) is 61.7 Å². The summed E-state index contributed by atoms with van der Waals surface area (Å²) in [7, 11) is 0. The molecule has 1 aliphatic carbocycles. The largest absolute Gasteiger partial charge is 0.389 e. The zero-order valence-corrected chi connectivity index (χ0v) is 13.3. The molecule has 4 heteroatoms. The van der Waals surface area contributed by atoms with Gasteiger partial charge >= 0.3 is 0 Å². The maximum absolute atomic E-state index is 10.7. The SMILES string of the molecule is Cc1cc(C)nc([C@@H]2CCN(CC3(O)CCCCC3)C2)n1. The maximum Gasteiger partial charge on any atom is 0.133 e. The van der Waals surface area contributed by atoms with Crippen molar-refractivity contribution in [2.75, 3.05) is 19.6 Å². The zero-order chi connectivity index (χ0) is 14.9. The monoisotopic (exact) mass is 289 g/mol. The summed E-state index contributed by atoms with van der Waals surface area (Å²) in [6.45, 7) is 6.95. The van der Waals surface area contributed by atoms with Crippen LogP contribution in [0.4, 0.5) is 0 Å². The molecular formula is C17H27N3O. The lowest BCUT2D eigenvalue weighted by molar-refractivity contribution is -0.0216. The van der Waals surface area contributed by atoms with E-state index in [0.717, 1.165) is 56.1 Å². The van der Waals surface area contributed by atoms with E-state index in [4.69, 9.17) is 0 Å². The highest BCUT2D eigenvalue weighted by Crippen LogP contribution is 2.32. The summed E-state index contributed by atoms with van der Waals surface area (Å²) in [6.07, 6.45) is 6.67. The smallest absolute Gasteiger partial charge is 0.133 e. The molecule has 2 aliphatic rings. The minimum Gasteiger partial charge on any atom is -0.389 e. The highest BCUT2D eigenvalue weighted by molar-refractivity contribution is 5.12. The van der Waals surface area contributed by atoms with Crippen LogP contribution in [0, 0.1) is 13.8 Å². The normalized spacial score (nSPS) is 26.1. The van der Waals surface area contributed by atoms with Crippen molar-refractivity contribution < 1.29 is 5.11 Å². The average molecular weight is 289 g/mol. The Kier molecular flexibility index (Phi) is 4.27. The highest BCUT2D eigenvalue weighted by atomic mass is 16.3. The number of rotatable bonds is 3. The van der Waals surface area contributed by atoms with Gasteiger partial charge in [-0.3, -0.25) is 4.90 Å². The molecule has 0 bridgehead atoms. The Hall–Kier alpha value is -1.00. The molecule has 4 nitrogen and oxygen atoms in total. The lowest BCUT2D eigenvalue weighted by Crippen LogP contribution is -2.43. The van der Waals surface area contributed by atoms with Gasteiger partial charge in [0.1, 0.15) is 5.82 Å². The number of hydrogen-bond acceptors (Lipinski definition) is 4. The van der Waals surface area contributed by atoms with Crippen molar-refractivity contribution in [3.63, 3.8) is 0 Å². The van der Waals surface area contributed by atoms with Crippen molar-refractivity contribution in [1.29, 1.82) is 0 Å². The van der Waals surface area contributed by atoms with Crippen LogP contribution in [-0.2, 0) is 0 Å². The van der Waals surface area contributed by atoms with Gasteiger partial charge in [-0.05, 0) is 45.7 Å². The molecule has 1 aliphatic heterocycles. The molecule has 1 saturated carbocycles. The van der Waals surface area contributed by atoms with Gasteiger partial charge in [-0.2, -0.15) is 0 Å². The number of β-amino-alcohol motifs (C(OH)–C–C–N with tert-alkyl or cyclic N) is 1. The minimum atomic E-state index is -0.448. The molecule has 1 N–H and O–H groups in total.